The molecule has 136 valence electrons. The highest BCUT2D eigenvalue weighted by Crippen LogP contribution is 2.23. The van der Waals surface area contributed by atoms with Crippen LogP contribution in [0.1, 0.15) is 16.7 Å². The number of aromatic nitrogens is 4. The summed E-state index contributed by atoms with van der Waals surface area (Å²) in [5, 5.41) is 14.7. The lowest BCUT2D eigenvalue weighted by molar-refractivity contribution is 0.122. The third kappa shape index (κ3) is 2.87. The van der Waals surface area contributed by atoms with Crippen molar-refractivity contribution in [1.29, 1.82) is 0 Å². The first-order valence-corrected chi connectivity index (χ1v) is 8.60. The quantitative estimate of drug-likeness (QED) is 0.729. The molecule has 1 aliphatic rings. The van der Waals surface area contributed by atoms with Crippen molar-refractivity contribution in [3.8, 4) is 5.69 Å². The average Bonchev–Trinajstić information content (AvgIpc) is 3.05. The van der Waals surface area contributed by atoms with Gasteiger partial charge in [-0.3, -0.25) is 9.78 Å². The third-order valence-corrected chi connectivity index (χ3v) is 4.61. The van der Waals surface area contributed by atoms with E-state index in [-0.39, 0.29) is 12.2 Å². The molecular weight excluding hydrogens is 334 g/mol. The largest absolute Gasteiger partial charge is 0.392 e. The summed E-state index contributed by atoms with van der Waals surface area (Å²) >= 11 is 0. The number of H-pyrrole nitrogens is 1. The molecule has 0 spiro atoms. The Labute approximate surface area is 150 Å². The van der Waals surface area contributed by atoms with E-state index >= 15 is 0 Å². The zero-order valence-electron chi connectivity index (χ0n) is 14.8. The Bertz CT molecular complexity index is 1020. The maximum atomic E-state index is 12.5. The molecule has 1 fully saturated rings. The standard InChI is InChI=1S/C18H21N5O3/c1-11-7-12(2)15(13(8-11)10-24)23-9-14-16(21-23)19-18(20-17(14)25)22-3-5-26-6-4-22/h7-9,24H,3-6,10H2,1-2H3,(H,19,20,21,25). The summed E-state index contributed by atoms with van der Waals surface area (Å²) < 4.78 is 6.98. The SMILES string of the molecule is Cc1cc(C)c(-n2cc3c(=O)[nH]c(N4CCOCC4)nc3n2)c(CO)c1. The maximum Gasteiger partial charge on any atom is 0.263 e. The van der Waals surface area contributed by atoms with Crippen LogP contribution in [0.4, 0.5) is 5.95 Å². The molecule has 2 N–H and O–H groups in total. The first kappa shape index (κ1) is 16.7. The highest BCUT2D eigenvalue weighted by molar-refractivity contribution is 5.75. The van der Waals surface area contributed by atoms with E-state index in [4.69, 9.17) is 4.74 Å². The normalized spacial score (nSPS) is 15.0. The lowest BCUT2D eigenvalue weighted by atomic mass is 10.0. The van der Waals surface area contributed by atoms with Gasteiger partial charge in [0.1, 0.15) is 5.39 Å². The van der Waals surface area contributed by atoms with Crippen LogP contribution in [-0.4, -0.2) is 51.2 Å². The van der Waals surface area contributed by atoms with E-state index in [2.05, 4.69) is 15.1 Å². The number of aliphatic hydroxyl groups is 1. The third-order valence-electron chi connectivity index (χ3n) is 4.61. The number of aryl methyl sites for hydroxylation is 2. The van der Waals surface area contributed by atoms with Gasteiger partial charge in [0.2, 0.25) is 5.95 Å². The van der Waals surface area contributed by atoms with Gasteiger partial charge in [0.05, 0.1) is 25.5 Å². The van der Waals surface area contributed by atoms with Gasteiger partial charge in [-0.05, 0) is 19.4 Å². The summed E-state index contributed by atoms with van der Waals surface area (Å²) in [7, 11) is 0. The molecule has 8 nitrogen and oxygen atoms in total. The molecule has 26 heavy (non-hydrogen) atoms. The van der Waals surface area contributed by atoms with Gasteiger partial charge in [0.15, 0.2) is 5.65 Å². The van der Waals surface area contributed by atoms with E-state index in [0.29, 0.717) is 43.3 Å². The highest BCUT2D eigenvalue weighted by Gasteiger charge is 2.18. The molecule has 1 saturated heterocycles. The van der Waals surface area contributed by atoms with E-state index < -0.39 is 0 Å². The van der Waals surface area contributed by atoms with Crippen molar-refractivity contribution in [3.63, 3.8) is 0 Å². The Balaban J connectivity index is 1.84. The van der Waals surface area contributed by atoms with Crippen LogP contribution >= 0.6 is 0 Å². The van der Waals surface area contributed by atoms with Gasteiger partial charge in [-0.2, -0.15) is 4.98 Å². The number of morpholine rings is 1. The minimum Gasteiger partial charge on any atom is -0.392 e. The van der Waals surface area contributed by atoms with Crippen LogP contribution in [0.25, 0.3) is 16.7 Å². The number of aliphatic hydroxyl groups excluding tert-OH is 1. The van der Waals surface area contributed by atoms with Crippen LogP contribution < -0.4 is 10.5 Å². The molecule has 1 aromatic carbocycles. The molecule has 0 saturated carbocycles. The second kappa shape index (κ2) is 6.54. The van der Waals surface area contributed by atoms with Crippen LogP contribution in [0.5, 0.6) is 0 Å². The maximum absolute atomic E-state index is 12.5. The first-order chi connectivity index (χ1) is 12.6. The molecule has 0 bridgehead atoms. The fourth-order valence-electron chi connectivity index (χ4n) is 3.44. The summed E-state index contributed by atoms with van der Waals surface area (Å²) in [6.45, 7) is 6.43. The zero-order valence-corrected chi connectivity index (χ0v) is 14.8. The van der Waals surface area contributed by atoms with Crippen LogP contribution in [0.15, 0.2) is 23.1 Å². The van der Waals surface area contributed by atoms with Gasteiger partial charge in [-0.1, -0.05) is 17.7 Å². The summed E-state index contributed by atoms with van der Waals surface area (Å²) in [6, 6.07) is 3.95. The van der Waals surface area contributed by atoms with Crippen LogP contribution in [-0.2, 0) is 11.3 Å². The van der Waals surface area contributed by atoms with Gasteiger partial charge < -0.3 is 14.7 Å². The molecule has 3 heterocycles. The predicted molar refractivity (Wildman–Crippen MR) is 97.9 cm³/mol. The zero-order chi connectivity index (χ0) is 18.3. The summed E-state index contributed by atoms with van der Waals surface area (Å²) in [4.78, 5) is 21.9. The van der Waals surface area contributed by atoms with Crippen LogP contribution in [0.3, 0.4) is 0 Å². The van der Waals surface area contributed by atoms with Gasteiger partial charge in [-0.25, -0.2) is 4.68 Å². The molecule has 1 aliphatic heterocycles. The number of ether oxygens (including phenoxy) is 1. The molecule has 3 aromatic rings. The second-order valence-corrected chi connectivity index (χ2v) is 6.55. The Hall–Kier alpha value is -2.71. The molecular formula is C18H21N5O3. The fourth-order valence-corrected chi connectivity index (χ4v) is 3.44. The monoisotopic (exact) mass is 355 g/mol. The van der Waals surface area contributed by atoms with Gasteiger partial charge in [0.25, 0.3) is 5.56 Å². The molecule has 0 radical (unpaired) electrons. The van der Waals surface area contributed by atoms with Gasteiger partial charge in [-0.15, -0.1) is 5.10 Å². The van der Waals surface area contributed by atoms with Crippen molar-refractivity contribution in [3.05, 3.63) is 45.4 Å². The summed E-state index contributed by atoms with van der Waals surface area (Å²) in [5.41, 5.74) is 3.75. The van der Waals surface area contributed by atoms with Gasteiger partial charge in [0, 0.05) is 24.8 Å². The molecule has 0 unspecified atom stereocenters. The van der Waals surface area contributed by atoms with Crippen molar-refractivity contribution < 1.29 is 9.84 Å². The lowest BCUT2D eigenvalue weighted by Crippen LogP contribution is -2.38. The van der Waals surface area contributed by atoms with E-state index in [1.807, 2.05) is 30.9 Å². The number of benzene rings is 1. The van der Waals surface area contributed by atoms with Crippen LogP contribution in [0.2, 0.25) is 0 Å². The second-order valence-electron chi connectivity index (χ2n) is 6.55. The Morgan fingerprint density at radius 2 is 2.04 bits per heavy atom. The minimum atomic E-state index is -0.224. The summed E-state index contributed by atoms with van der Waals surface area (Å²) in [5.74, 6) is 0.513. The number of aromatic amines is 1. The van der Waals surface area contributed by atoms with Gasteiger partial charge >= 0.3 is 0 Å². The topological polar surface area (TPSA) is 96.3 Å². The number of nitrogens with one attached hydrogen (secondary N) is 1. The first-order valence-electron chi connectivity index (χ1n) is 8.60. The summed E-state index contributed by atoms with van der Waals surface area (Å²) in [6.07, 6.45) is 1.67. The molecule has 0 atom stereocenters. The molecule has 0 amide bonds. The molecule has 0 aliphatic carbocycles. The van der Waals surface area contributed by atoms with E-state index in [0.717, 1.165) is 22.4 Å². The molecule has 4 rings (SSSR count). The van der Waals surface area contributed by atoms with Crippen molar-refractivity contribution >= 4 is 17.0 Å². The number of anilines is 1. The number of hydrogen-bond donors (Lipinski definition) is 2. The van der Waals surface area contributed by atoms with E-state index in [1.54, 1.807) is 10.9 Å². The molecule has 2 aromatic heterocycles. The van der Waals surface area contributed by atoms with Crippen molar-refractivity contribution in [2.75, 3.05) is 31.2 Å². The fraction of sp³-hybridized carbons (Fsp3) is 0.389. The van der Waals surface area contributed by atoms with Crippen molar-refractivity contribution in [1.82, 2.24) is 19.7 Å². The minimum absolute atomic E-state index is 0.100. The smallest absolute Gasteiger partial charge is 0.263 e. The number of nitrogens with zero attached hydrogens (tertiary/aromatic N) is 4. The number of rotatable bonds is 3. The predicted octanol–water partition coefficient (Wildman–Crippen LogP) is 1.05. The Kier molecular flexibility index (Phi) is 4.21. The lowest BCUT2D eigenvalue weighted by Gasteiger charge is -2.26. The van der Waals surface area contributed by atoms with Crippen molar-refractivity contribution in [2.45, 2.75) is 20.5 Å². The number of hydrogen-bond acceptors (Lipinski definition) is 6. The van der Waals surface area contributed by atoms with Crippen molar-refractivity contribution in [2.24, 2.45) is 0 Å². The van der Waals surface area contributed by atoms with Crippen LogP contribution in [0, 0.1) is 13.8 Å². The number of fused-ring (bicyclic) bond motifs is 1. The highest BCUT2D eigenvalue weighted by atomic mass is 16.5. The average molecular weight is 355 g/mol. The Morgan fingerprint density at radius 1 is 1.27 bits per heavy atom. The van der Waals surface area contributed by atoms with E-state index in [9.17, 15) is 9.90 Å². The Morgan fingerprint density at radius 3 is 2.77 bits per heavy atom. The molecule has 8 heteroatoms. The van der Waals surface area contributed by atoms with E-state index in [1.165, 1.54) is 0 Å².